The largest absolute Gasteiger partial charge is 0.573 e. The van der Waals surface area contributed by atoms with Gasteiger partial charge in [0.25, 0.3) is 0 Å². The number of carbonyl (C=O) groups is 1. The van der Waals surface area contributed by atoms with Gasteiger partial charge in [0.05, 0.1) is 11.3 Å². The molecule has 0 saturated carbocycles. The van der Waals surface area contributed by atoms with Crippen LogP contribution in [0.15, 0.2) is 66.7 Å². The van der Waals surface area contributed by atoms with Crippen LogP contribution in [0.3, 0.4) is 0 Å². The van der Waals surface area contributed by atoms with Crippen molar-refractivity contribution in [2.75, 3.05) is 5.32 Å². The van der Waals surface area contributed by atoms with E-state index in [1.165, 1.54) is 36.4 Å². The van der Waals surface area contributed by atoms with E-state index in [2.05, 4.69) is 10.1 Å². The second kappa shape index (κ2) is 9.99. The summed E-state index contributed by atoms with van der Waals surface area (Å²) in [6.45, 7) is 5.29. The number of ether oxygens (including phenoxy) is 2. The van der Waals surface area contributed by atoms with Crippen LogP contribution in [-0.4, -0.2) is 17.9 Å². The number of carbonyl (C=O) groups excluding carboxylic acids is 1. The molecule has 0 aliphatic heterocycles. The first-order valence-corrected chi connectivity index (χ1v) is 10.3. The zero-order chi connectivity index (χ0) is 24.9. The van der Waals surface area contributed by atoms with Crippen molar-refractivity contribution >= 4 is 29.5 Å². The Balaban J connectivity index is 1.86. The monoisotopic (exact) mass is 473 g/mol. The molecular weight excluding hydrogens is 450 g/mol. The van der Waals surface area contributed by atoms with Gasteiger partial charge in [0.1, 0.15) is 17.2 Å². The van der Waals surface area contributed by atoms with Crippen LogP contribution in [0.4, 0.5) is 28.9 Å². The van der Waals surface area contributed by atoms with Gasteiger partial charge in [-0.25, -0.2) is 9.18 Å². The molecule has 3 rings (SSSR count). The molecule has 178 valence electrons. The van der Waals surface area contributed by atoms with Crippen molar-refractivity contribution in [2.45, 2.75) is 32.7 Å². The Labute approximate surface area is 194 Å². The molecule has 0 spiro atoms. The number of alkyl halides is 3. The van der Waals surface area contributed by atoms with Crippen molar-refractivity contribution in [2.24, 2.45) is 0 Å². The number of rotatable bonds is 6. The molecule has 0 heterocycles. The molecule has 0 bridgehead atoms. The van der Waals surface area contributed by atoms with Gasteiger partial charge >= 0.3 is 12.3 Å². The second-order valence-electron chi connectivity index (χ2n) is 8.39. The minimum atomic E-state index is -4.75. The van der Waals surface area contributed by atoms with Gasteiger partial charge in [-0.2, -0.15) is 0 Å². The van der Waals surface area contributed by atoms with E-state index in [9.17, 15) is 22.4 Å². The zero-order valence-corrected chi connectivity index (χ0v) is 18.7. The predicted molar refractivity (Wildman–Crippen MR) is 123 cm³/mol. The number of anilines is 2. The molecule has 3 aromatic rings. The lowest BCUT2D eigenvalue weighted by Gasteiger charge is -2.21. The fourth-order valence-corrected chi connectivity index (χ4v) is 2.94. The Morgan fingerprint density at radius 1 is 0.853 bits per heavy atom. The number of halogens is 4. The normalized spacial score (nSPS) is 12.0. The third-order valence-corrected chi connectivity index (χ3v) is 4.37. The second-order valence-corrected chi connectivity index (χ2v) is 8.39. The summed E-state index contributed by atoms with van der Waals surface area (Å²) in [5, 5.41) is 3.11. The Kier molecular flexibility index (Phi) is 7.29. The summed E-state index contributed by atoms with van der Waals surface area (Å²) in [4.78, 5) is 12.7. The summed E-state index contributed by atoms with van der Waals surface area (Å²) in [7, 11) is 0. The van der Waals surface area contributed by atoms with Crippen LogP contribution in [0.5, 0.6) is 5.75 Å². The first kappa shape index (κ1) is 24.8. The number of benzene rings is 3. The molecule has 1 N–H and O–H groups in total. The SMILES string of the molecule is CC(C)(C)OC(=O)c1ccc(/C=C/c2ccc(OC(F)(F)F)cc2)cc1Nc1ccc(F)cc1. The molecule has 0 atom stereocenters. The summed E-state index contributed by atoms with van der Waals surface area (Å²) in [6.07, 6.45) is -1.29. The van der Waals surface area contributed by atoms with Gasteiger partial charge in [-0.3, -0.25) is 0 Å². The standard InChI is InChI=1S/C26H23F4NO3/c1-25(2,3)34-24(32)22-15-8-18(16-23(22)31-20-11-9-19(27)10-12-20)5-4-17-6-13-21(14-7-17)33-26(28,29)30/h4-16,31H,1-3H3/b5-4+. The summed E-state index contributed by atoms with van der Waals surface area (Å²) >= 11 is 0. The van der Waals surface area contributed by atoms with Gasteiger partial charge in [-0.05, 0) is 80.4 Å². The fourth-order valence-electron chi connectivity index (χ4n) is 2.94. The van der Waals surface area contributed by atoms with E-state index in [0.29, 0.717) is 28.1 Å². The average molecular weight is 473 g/mol. The zero-order valence-electron chi connectivity index (χ0n) is 18.7. The fraction of sp³-hybridized carbons (Fsp3) is 0.192. The topological polar surface area (TPSA) is 47.6 Å². The number of hydrogen-bond acceptors (Lipinski definition) is 4. The molecule has 0 aromatic heterocycles. The molecular formula is C26H23F4NO3. The summed E-state index contributed by atoms with van der Waals surface area (Å²) < 4.78 is 59.6. The Morgan fingerprint density at radius 3 is 2.03 bits per heavy atom. The quantitative estimate of drug-likeness (QED) is 0.228. The van der Waals surface area contributed by atoms with Crippen LogP contribution in [0.1, 0.15) is 42.3 Å². The molecule has 34 heavy (non-hydrogen) atoms. The number of esters is 1. The Hall–Kier alpha value is -3.81. The van der Waals surface area contributed by atoms with Crippen molar-refractivity contribution in [1.82, 2.24) is 0 Å². The average Bonchev–Trinajstić information content (AvgIpc) is 2.73. The Bertz CT molecular complexity index is 1160. The van der Waals surface area contributed by atoms with E-state index in [1.807, 2.05) is 0 Å². The number of hydrogen-bond donors (Lipinski definition) is 1. The van der Waals surface area contributed by atoms with Gasteiger partial charge in [0, 0.05) is 5.69 Å². The van der Waals surface area contributed by atoms with Gasteiger partial charge in [-0.15, -0.1) is 13.2 Å². The minimum absolute atomic E-state index is 0.296. The third kappa shape index (κ3) is 7.65. The van der Waals surface area contributed by atoms with Crippen molar-refractivity contribution in [3.8, 4) is 5.75 Å². The lowest BCUT2D eigenvalue weighted by molar-refractivity contribution is -0.274. The summed E-state index contributed by atoms with van der Waals surface area (Å²) in [5.74, 6) is -1.22. The first-order valence-electron chi connectivity index (χ1n) is 10.3. The minimum Gasteiger partial charge on any atom is -0.456 e. The molecule has 0 fully saturated rings. The maximum Gasteiger partial charge on any atom is 0.573 e. The van der Waals surface area contributed by atoms with Crippen molar-refractivity contribution < 1.29 is 31.8 Å². The van der Waals surface area contributed by atoms with E-state index >= 15 is 0 Å². The number of nitrogens with one attached hydrogen (secondary N) is 1. The van der Waals surface area contributed by atoms with Crippen LogP contribution in [0.2, 0.25) is 0 Å². The summed E-state index contributed by atoms with van der Waals surface area (Å²) in [6, 6.07) is 16.2. The molecule has 0 aliphatic rings. The van der Waals surface area contributed by atoms with E-state index in [1.54, 1.807) is 63.3 Å². The van der Waals surface area contributed by atoms with Gasteiger partial charge in [0.2, 0.25) is 0 Å². The van der Waals surface area contributed by atoms with E-state index in [0.717, 1.165) is 0 Å². The van der Waals surface area contributed by atoms with Crippen molar-refractivity contribution in [1.29, 1.82) is 0 Å². The molecule has 8 heteroatoms. The van der Waals surface area contributed by atoms with Gasteiger partial charge in [0.15, 0.2) is 0 Å². The smallest absolute Gasteiger partial charge is 0.456 e. The maximum absolute atomic E-state index is 13.3. The van der Waals surface area contributed by atoms with Gasteiger partial charge < -0.3 is 14.8 Å². The molecule has 0 aliphatic carbocycles. The highest BCUT2D eigenvalue weighted by molar-refractivity contribution is 5.97. The van der Waals surface area contributed by atoms with Crippen molar-refractivity contribution in [3.63, 3.8) is 0 Å². The molecule has 0 radical (unpaired) electrons. The van der Waals surface area contributed by atoms with Crippen LogP contribution >= 0.6 is 0 Å². The van der Waals surface area contributed by atoms with Crippen LogP contribution in [-0.2, 0) is 4.74 Å². The molecule has 0 amide bonds. The lowest BCUT2D eigenvalue weighted by Crippen LogP contribution is -2.24. The van der Waals surface area contributed by atoms with Crippen molar-refractivity contribution in [3.05, 3.63) is 89.2 Å². The summed E-state index contributed by atoms with van der Waals surface area (Å²) in [5.41, 5.74) is 2.01. The van der Waals surface area contributed by atoms with Crippen LogP contribution < -0.4 is 10.1 Å². The predicted octanol–water partition coefficient (Wildman–Crippen LogP) is 7.59. The lowest BCUT2D eigenvalue weighted by atomic mass is 10.1. The van der Waals surface area contributed by atoms with E-state index < -0.39 is 17.9 Å². The highest BCUT2D eigenvalue weighted by Gasteiger charge is 2.30. The highest BCUT2D eigenvalue weighted by atomic mass is 19.4. The highest BCUT2D eigenvalue weighted by Crippen LogP contribution is 2.27. The maximum atomic E-state index is 13.3. The molecule has 0 unspecified atom stereocenters. The van der Waals surface area contributed by atoms with E-state index in [-0.39, 0.29) is 11.6 Å². The van der Waals surface area contributed by atoms with E-state index in [4.69, 9.17) is 4.74 Å². The van der Waals surface area contributed by atoms with Crippen LogP contribution in [0.25, 0.3) is 12.2 Å². The van der Waals surface area contributed by atoms with Gasteiger partial charge in [-0.1, -0.05) is 30.4 Å². The molecule has 4 nitrogen and oxygen atoms in total. The molecule has 3 aromatic carbocycles. The third-order valence-electron chi connectivity index (χ3n) is 4.37. The van der Waals surface area contributed by atoms with Crippen LogP contribution in [0, 0.1) is 5.82 Å². The Morgan fingerprint density at radius 2 is 1.44 bits per heavy atom. The first-order chi connectivity index (χ1) is 15.9. The molecule has 0 saturated heterocycles.